The van der Waals surface area contributed by atoms with Crippen molar-refractivity contribution < 1.29 is 17.6 Å². The number of carbonyl (C=O) groups is 1. The van der Waals surface area contributed by atoms with Gasteiger partial charge in [0.2, 0.25) is 5.89 Å². The molecule has 4 aromatic carbocycles. The number of nitrogens with zero attached hydrogens (tertiary/aromatic N) is 2. The Hall–Kier alpha value is -4.43. The van der Waals surface area contributed by atoms with Crippen molar-refractivity contribution in [3.8, 4) is 11.5 Å². The number of aromatic nitrogens is 1. The van der Waals surface area contributed by atoms with Crippen molar-refractivity contribution in [1.29, 1.82) is 0 Å². The van der Waals surface area contributed by atoms with Crippen LogP contribution in [0.3, 0.4) is 0 Å². The second kappa shape index (κ2) is 9.22. The largest absolute Gasteiger partial charge is 0.436 e. The number of benzene rings is 4. The van der Waals surface area contributed by atoms with E-state index in [4.69, 9.17) is 4.42 Å². The van der Waals surface area contributed by atoms with Crippen LogP contribution >= 0.6 is 0 Å². The summed E-state index contributed by atoms with van der Waals surface area (Å²) in [5, 5.41) is 2.91. The molecular weight excluding hydrogens is 486 g/mol. The Morgan fingerprint density at radius 1 is 0.865 bits per heavy atom. The zero-order valence-electron chi connectivity index (χ0n) is 19.8. The number of hydrogen-bond donors (Lipinski definition) is 1. The predicted molar refractivity (Wildman–Crippen MR) is 143 cm³/mol. The lowest BCUT2D eigenvalue weighted by molar-refractivity contribution is 0.102. The maximum atomic E-state index is 13.4. The molecule has 184 valence electrons. The van der Waals surface area contributed by atoms with Crippen molar-refractivity contribution in [3.63, 3.8) is 0 Å². The van der Waals surface area contributed by atoms with Crippen molar-refractivity contribution in [3.05, 3.63) is 108 Å². The fourth-order valence-corrected chi connectivity index (χ4v) is 6.16. The zero-order valence-corrected chi connectivity index (χ0v) is 20.6. The number of oxazole rings is 1. The number of para-hydroxylation sites is 4. The molecule has 2 heterocycles. The van der Waals surface area contributed by atoms with Crippen LogP contribution in [0.2, 0.25) is 0 Å². The van der Waals surface area contributed by atoms with Crippen LogP contribution in [-0.2, 0) is 16.4 Å². The van der Waals surface area contributed by atoms with Gasteiger partial charge in [0.1, 0.15) is 5.52 Å². The van der Waals surface area contributed by atoms with Gasteiger partial charge in [0.05, 0.1) is 21.8 Å². The maximum Gasteiger partial charge on any atom is 0.264 e. The first-order valence-corrected chi connectivity index (χ1v) is 13.4. The van der Waals surface area contributed by atoms with Gasteiger partial charge in [-0.25, -0.2) is 13.4 Å². The molecule has 1 N–H and O–H groups in total. The number of rotatable bonds is 5. The summed E-state index contributed by atoms with van der Waals surface area (Å²) >= 11 is 0. The van der Waals surface area contributed by atoms with E-state index in [1.54, 1.807) is 6.07 Å². The maximum absolute atomic E-state index is 13.4. The molecule has 0 fully saturated rings. The smallest absolute Gasteiger partial charge is 0.264 e. The van der Waals surface area contributed by atoms with Gasteiger partial charge in [-0.15, -0.1) is 0 Å². The minimum absolute atomic E-state index is 0.146. The highest BCUT2D eigenvalue weighted by Gasteiger charge is 2.29. The summed E-state index contributed by atoms with van der Waals surface area (Å²) in [5.74, 6) is 0.0381. The van der Waals surface area contributed by atoms with E-state index in [0.29, 0.717) is 40.5 Å². The molecule has 0 unspecified atom stereocenters. The Kier molecular flexibility index (Phi) is 5.73. The molecule has 0 aliphatic carbocycles. The zero-order chi connectivity index (χ0) is 25.4. The number of hydrogen-bond acceptors (Lipinski definition) is 5. The van der Waals surface area contributed by atoms with Crippen LogP contribution in [0.15, 0.2) is 106 Å². The lowest BCUT2D eigenvalue weighted by Gasteiger charge is -2.30. The molecule has 0 atom stereocenters. The standard InChI is InChI=1S/C29H23N3O4S/c33-28(30-24-11-3-2-10-23(24)29-31-25-12-4-6-14-27(25)36-29)21-15-17-22(18-16-21)37(34,35)32-19-7-9-20-8-1-5-13-26(20)32/h1-6,8,10-18H,7,9,19H2,(H,30,33). The Morgan fingerprint density at radius 2 is 1.59 bits per heavy atom. The van der Waals surface area contributed by atoms with E-state index in [9.17, 15) is 13.2 Å². The minimum Gasteiger partial charge on any atom is -0.436 e. The molecule has 7 nitrogen and oxygen atoms in total. The lowest BCUT2D eigenvalue weighted by atomic mass is 10.0. The third-order valence-corrected chi connectivity index (χ3v) is 8.30. The van der Waals surface area contributed by atoms with Gasteiger partial charge < -0.3 is 9.73 Å². The van der Waals surface area contributed by atoms with Gasteiger partial charge >= 0.3 is 0 Å². The number of amides is 1. The van der Waals surface area contributed by atoms with E-state index in [1.807, 2.05) is 66.7 Å². The van der Waals surface area contributed by atoms with Crippen LogP contribution in [0.5, 0.6) is 0 Å². The number of fused-ring (bicyclic) bond motifs is 2. The fraction of sp³-hybridized carbons (Fsp3) is 0.103. The number of nitrogens with one attached hydrogen (secondary N) is 1. The normalized spacial score (nSPS) is 13.4. The Labute approximate surface area is 214 Å². The van der Waals surface area contributed by atoms with Gasteiger partial charge in [0.15, 0.2) is 5.58 Å². The van der Waals surface area contributed by atoms with Crippen molar-refractivity contribution in [2.75, 3.05) is 16.2 Å². The molecule has 1 aromatic heterocycles. The van der Waals surface area contributed by atoms with Gasteiger partial charge in [0.25, 0.3) is 15.9 Å². The first-order valence-electron chi connectivity index (χ1n) is 12.0. The molecule has 0 saturated carbocycles. The van der Waals surface area contributed by atoms with Crippen LogP contribution in [0.4, 0.5) is 11.4 Å². The average molecular weight is 510 g/mol. The summed E-state index contributed by atoms with van der Waals surface area (Å²) in [7, 11) is -3.75. The SMILES string of the molecule is O=C(Nc1ccccc1-c1nc2ccccc2o1)c1ccc(S(=O)(=O)N2CCCc3ccccc32)cc1. The lowest BCUT2D eigenvalue weighted by Crippen LogP contribution is -2.35. The van der Waals surface area contributed by atoms with Gasteiger partial charge in [-0.1, -0.05) is 42.5 Å². The van der Waals surface area contributed by atoms with Crippen molar-refractivity contribution >= 4 is 38.4 Å². The second-order valence-electron chi connectivity index (χ2n) is 8.82. The highest BCUT2D eigenvalue weighted by Crippen LogP contribution is 2.33. The van der Waals surface area contributed by atoms with Gasteiger partial charge in [-0.2, -0.15) is 0 Å². The summed E-state index contributed by atoms with van der Waals surface area (Å²) in [4.78, 5) is 17.8. The van der Waals surface area contributed by atoms with Gasteiger partial charge in [-0.05, 0) is 73.0 Å². The number of carbonyl (C=O) groups excluding carboxylic acids is 1. The average Bonchev–Trinajstić information content (AvgIpc) is 3.37. The second-order valence-corrected chi connectivity index (χ2v) is 10.7. The number of anilines is 2. The minimum atomic E-state index is -3.75. The summed E-state index contributed by atoms with van der Waals surface area (Å²) in [6.07, 6.45) is 1.61. The summed E-state index contributed by atoms with van der Waals surface area (Å²) in [6.45, 7) is 0.425. The van der Waals surface area contributed by atoms with E-state index in [1.165, 1.54) is 28.6 Å². The molecule has 1 amide bonds. The van der Waals surface area contributed by atoms with Gasteiger partial charge in [-0.3, -0.25) is 9.10 Å². The van der Waals surface area contributed by atoms with E-state index in [0.717, 1.165) is 23.9 Å². The summed E-state index contributed by atoms with van der Waals surface area (Å²) in [5.41, 5.74) is 4.65. The Balaban J connectivity index is 1.25. The first-order chi connectivity index (χ1) is 18.0. The van der Waals surface area contributed by atoms with E-state index in [2.05, 4.69) is 10.3 Å². The summed E-state index contributed by atoms with van der Waals surface area (Å²) in [6, 6.07) is 28.3. The van der Waals surface area contributed by atoms with E-state index < -0.39 is 10.0 Å². The van der Waals surface area contributed by atoms with Crippen LogP contribution in [0.25, 0.3) is 22.6 Å². The first kappa shape index (κ1) is 23.0. The highest BCUT2D eigenvalue weighted by atomic mass is 32.2. The molecule has 0 bridgehead atoms. The molecule has 5 aromatic rings. The summed E-state index contributed by atoms with van der Waals surface area (Å²) < 4.78 is 34.2. The van der Waals surface area contributed by atoms with Crippen molar-refractivity contribution in [2.45, 2.75) is 17.7 Å². The molecule has 0 radical (unpaired) electrons. The third-order valence-electron chi connectivity index (χ3n) is 6.47. The van der Waals surface area contributed by atoms with E-state index in [-0.39, 0.29) is 10.8 Å². The topological polar surface area (TPSA) is 92.5 Å². The highest BCUT2D eigenvalue weighted by molar-refractivity contribution is 7.92. The molecular formula is C29H23N3O4S. The molecule has 1 aliphatic rings. The molecule has 6 rings (SSSR count). The van der Waals surface area contributed by atoms with Crippen molar-refractivity contribution in [1.82, 2.24) is 4.98 Å². The molecule has 8 heteroatoms. The Bertz CT molecular complexity index is 1690. The predicted octanol–water partition coefficient (Wildman–Crippen LogP) is 5.89. The van der Waals surface area contributed by atoms with Crippen LogP contribution in [-0.4, -0.2) is 25.9 Å². The van der Waals surface area contributed by atoms with E-state index >= 15 is 0 Å². The third kappa shape index (κ3) is 4.25. The number of aryl methyl sites for hydroxylation is 1. The number of sulfonamides is 1. The van der Waals surface area contributed by atoms with Gasteiger partial charge in [0, 0.05) is 12.1 Å². The van der Waals surface area contributed by atoms with Crippen molar-refractivity contribution in [2.24, 2.45) is 0 Å². The van der Waals surface area contributed by atoms with Crippen LogP contribution in [0, 0.1) is 0 Å². The molecule has 37 heavy (non-hydrogen) atoms. The quantitative estimate of drug-likeness (QED) is 0.319. The molecule has 0 spiro atoms. The fourth-order valence-electron chi connectivity index (χ4n) is 4.61. The van der Waals surface area contributed by atoms with Crippen LogP contribution in [0.1, 0.15) is 22.3 Å². The van der Waals surface area contributed by atoms with Crippen LogP contribution < -0.4 is 9.62 Å². The molecule has 0 saturated heterocycles. The monoisotopic (exact) mass is 509 g/mol. The Morgan fingerprint density at radius 3 is 2.43 bits per heavy atom. The molecule has 1 aliphatic heterocycles.